The third kappa shape index (κ3) is 2.96. The summed E-state index contributed by atoms with van der Waals surface area (Å²) < 4.78 is 8.14. The summed E-state index contributed by atoms with van der Waals surface area (Å²) in [6.45, 7) is 0. The minimum Gasteiger partial charge on any atom is -0.464 e. The van der Waals surface area contributed by atoms with Gasteiger partial charge in [0.05, 0.1) is 28.5 Å². The molecule has 0 fully saturated rings. The van der Waals surface area contributed by atoms with E-state index in [0.717, 1.165) is 49.5 Å². The summed E-state index contributed by atoms with van der Waals surface area (Å²) >= 11 is 0. The lowest BCUT2D eigenvalue weighted by Gasteiger charge is -2.12. The Morgan fingerprint density at radius 2 is 1.32 bits per heavy atom. The molecule has 9 aromatic rings. The molecule has 4 heteroatoms. The smallest absolute Gasteiger partial charge is 0.235 e. The predicted octanol–water partition coefficient (Wildman–Crippen LogP) is 9.40. The Morgan fingerprint density at radius 3 is 2.23 bits per heavy atom. The first-order chi connectivity index (χ1) is 19.8. The summed E-state index contributed by atoms with van der Waals surface area (Å²) in [5, 5.41) is 6.79. The standard InChI is InChI=1S/C36H21N3O/c1-2-7-22(8-3-1)23-13-15-25(16-14-23)34-27-10-4-5-11-29(27)37-36(38-34)39-30-12-6-9-24-17-18-28-33(32(24)30)31(39)21-26-19-20-40-35(26)28/h1-21H. The van der Waals surface area contributed by atoms with Gasteiger partial charge in [0.1, 0.15) is 5.58 Å². The van der Waals surface area contributed by atoms with Crippen LogP contribution >= 0.6 is 0 Å². The second kappa shape index (κ2) is 8.01. The second-order valence-electron chi connectivity index (χ2n) is 10.3. The van der Waals surface area contributed by atoms with Gasteiger partial charge in [0.15, 0.2) is 0 Å². The average Bonchev–Trinajstić information content (AvgIpc) is 3.63. The van der Waals surface area contributed by atoms with E-state index in [9.17, 15) is 0 Å². The average molecular weight is 512 g/mol. The van der Waals surface area contributed by atoms with Crippen molar-refractivity contribution in [2.75, 3.05) is 0 Å². The summed E-state index contributed by atoms with van der Waals surface area (Å²) in [4.78, 5) is 10.4. The summed E-state index contributed by atoms with van der Waals surface area (Å²) in [5.41, 5.74) is 8.36. The minimum absolute atomic E-state index is 0.661. The van der Waals surface area contributed by atoms with Crippen molar-refractivity contribution >= 4 is 54.5 Å². The van der Waals surface area contributed by atoms with Crippen LogP contribution in [0.1, 0.15) is 0 Å². The quantitative estimate of drug-likeness (QED) is 0.222. The molecule has 0 amide bonds. The molecule has 0 aliphatic carbocycles. The maximum Gasteiger partial charge on any atom is 0.235 e. The Balaban J connectivity index is 1.34. The van der Waals surface area contributed by atoms with E-state index in [0.29, 0.717) is 5.95 Å². The van der Waals surface area contributed by atoms with Crippen molar-refractivity contribution in [3.05, 3.63) is 128 Å². The summed E-state index contributed by atoms with van der Waals surface area (Å²) in [6.07, 6.45) is 1.76. The first-order valence-corrected chi connectivity index (χ1v) is 13.4. The first kappa shape index (κ1) is 21.5. The van der Waals surface area contributed by atoms with E-state index in [2.05, 4.69) is 108 Å². The van der Waals surface area contributed by atoms with Crippen LogP contribution in [-0.4, -0.2) is 14.5 Å². The number of rotatable bonds is 3. The summed E-state index contributed by atoms with van der Waals surface area (Å²) in [5.74, 6) is 0.661. The molecule has 0 N–H and O–H groups in total. The monoisotopic (exact) mass is 511 g/mol. The van der Waals surface area contributed by atoms with Crippen molar-refractivity contribution in [1.82, 2.24) is 14.5 Å². The van der Waals surface area contributed by atoms with Gasteiger partial charge >= 0.3 is 0 Å². The molecular weight excluding hydrogens is 490 g/mol. The van der Waals surface area contributed by atoms with Crippen molar-refractivity contribution in [2.45, 2.75) is 0 Å². The maximum absolute atomic E-state index is 5.93. The Hall–Kier alpha value is -5.48. The molecule has 0 saturated heterocycles. The molecule has 9 rings (SSSR count). The van der Waals surface area contributed by atoms with Gasteiger partial charge in [-0.25, -0.2) is 9.97 Å². The fourth-order valence-electron chi connectivity index (χ4n) is 6.23. The highest BCUT2D eigenvalue weighted by molar-refractivity contribution is 6.29. The van der Waals surface area contributed by atoms with Crippen molar-refractivity contribution in [2.24, 2.45) is 0 Å². The molecule has 6 aromatic carbocycles. The number of aromatic nitrogens is 3. The SMILES string of the molecule is c1ccc(-c2ccc(-c3nc(-n4c5cccc6ccc7c8occc8cc4c7c65)nc4ccccc34)cc2)cc1. The van der Waals surface area contributed by atoms with Crippen LogP contribution in [0.5, 0.6) is 0 Å². The number of nitrogens with zero attached hydrogens (tertiary/aromatic N) is 3. The van der Waals surface area contributed by atoms with E-state index >= 15 is 0 Å². The van der Waals surface area contributed by atoms with Crippen molar-refractivity contribution in [3.8, 4) is 28.3 Å². The summed E-state index contributed by atoms with van der Waals surface area (Å²) in [6, 6.07) is 42.4. The summed E-state index contributed by atoms with van der Waals surface area (Å²) in [7, 11) is 0. The predicted molar refractivity (Wildman–Crippen MR) is 163 cm³/mol. The van der Waals surface area contributed by atoms with E-state index in [4.69, 9.17) is 14.4 Å². The molecule has 0 unspecified atom stereocenters. The first-order valence-electron chi connectivity index (χ1n) is 13.4. The normalized spacial score (nSPS) is 12.0. The molecule has 186 valence electrons. The van der Waals surface area contributed by atoms with Gasteiger partial charge in [-0.3, -0.25) is 4.57 Å². The van der Waals surface area contributed by atoms with E-state index in [-0.39, 0.29) is 0 Å². The van der Waals surface area contributed by atoms with E-state index in [1.807, 2.05) is 18.2 Å². The topological polar surface area (TPSA) is 43.9 Å². The number of hydrogen-bond donors (Lipinski definition) is 0. The minimum atomic E-state index is 0.661. The zero-order valence-corrected chi connectivity index (χ0v) is 21.4. The molecule has 0 spiro atoms. The van der Waals surface area contributed by atoms with Crippen LogP contribution < -0.4 is 0 Å². The number of benzene rings is 6. The molecule has 0 radical (unpaired) electrons. The Bertz CT molecular complexity index is 2360. The van der Waals surface area contributed by atoms with Gasteiger partial charge in [0.2, 0.25) is 5.95 Å². The lowest BCUT2D eigenvalue weighted by molar-refractivity contribution is 0.619. The Morgan fingerprint density at radius 1 is 0.525 bits per heavy atom. The molecule has 40 heavy (non-hydrogen) atoms. The largest absolute Gasteiger partial charge is 0.464 e. The number of hydrogen-bond acceptors (Lipinski definition) is 3. The molecule has 4 nitrogen and oxygen atoms in total. The maximum atomic E-state index is 5.93. The van der Waals surface area contributed by atoms with Crippen molar-refractivity contribution in [1.29, 1.82) is 0 Å². The van der Waals surface area contributed by atoms with Crippen LogP contribution in [0.25, 0.3) is 82.8 Å². The molecular formula is C36H21N3O. The third-order valence-electron chi connectivity index (χ3n) is 8.05. The molecule has 0 aliphatic heterocycles. The van der Waals surface area contributed by atoms with Gasteiger partial charge < -0.3 is 4.42 Å². The molecule has 0 saturated carbocycles. The van der Waals surface area contributed by atoms with Gasteiger partial charge in [-0.2, -0.15) is 0 Å². The van der Waals surface area contributed by atoms with Gasteiger partial charge in [-0.1, -0.05) is 91.0 Å². The molecule has 3 aromatic heterocycles. The highest BCUT2D eigenvalue weighted by Gasteiger charge is 2.21. The van der Waals surface area contributed by atoms with Gasteiger partial charge in [-0.15, -0.1) is 0 Å². The van der Waals surface area contributed by atoms with E-state index in [1.54, 1.807) is 6.26 Å². The number of fused-ring (bicyclic) bond motifs is 3. The van der Waals surface area contributed by atoms with Crippen LogP contribution in [0.15, 0.2) is 132 Å². The second-order valence-corrected chi connectivity index (χ2v) is 10.3. The van der Waals surface area contributed by atoms with Crippen molar-refractivity contribution in [3.63, 3.8) is 0 Å². The lowest BCUT2D eigenvalue weighted by Crippen LogP contribution is -2.03. The molecule has 0 bridgehead atoms. The van der Waals surface area contributed by atoms with Crippen LogP contribution in [-0.2, 0) is 0 Å². The number of para-hydroxylation sites is 1. The fraction of sp³-hybridized carbons (Fsp3) is 0. The van der Waals surface area contributed by atoms with Crippen molar-refractivity contribution < 1.29 is 4.42 Å². The lowest BCUT2D eigenvalue weighted by atomic mass is 10.0. The van der Waals surface area contributed by atoms with E-state index < -0.39 is 0 Å². The highest BCUT2D eigenvalue weighted by Crippen LogP contribution is 2.42. The van der Waals surface area contributed by atoms with Gasteiger partial charge in [-0.05, 0) is 46.8 Å². The number of furan rings is 1. The molecule has 0 aliphatic rings. The van der Waals surface area contributed by atoms with Crippen LogP contribution in [0.4, 0.5) is 0 Å². The molecule has 0 atom stereocenters. The van der Waals surface area contributed by atoms with E-state index in [1.165, 1.54) is 27.3 Å². The Kier molecular flexibility index (Phi) is 4.30. The van der Waals surface area contributed by atoms with Gasteiger partial charge in [0.25, 0.3) is 0 Å². The highest BCUT2D eigenvalue weighted by atomic mass is 16.3. The van der Waals surface area contributed by atoms with Crippen LogP contribution in [0.2, 0.25) is 0 Å². The fourth-order valence-corrected chi connectivity index (χ4v) is 6.23. The third-order valence-corrected chi connectivity index (χ3v) is 8.05. The Labute approximate surface area is 229 Å². The molecule has 3 heterocycles. The zero-order chi connectivity index (χ0) is 26.2. The van der Waals surface area contributed by atoms with Crippen LogP contribution in [0, 0.1) is 0 Å². The van der Waals surface area contributed by atoms with Gasteiger partial charge in [0, 0.05) is 32.5 Å². The zero-order valence-electron chi connectivity index (χ0n) is 21.4. The van der Waals surface area contributed by atoms with Crippen LogP contribution in [0.3, 0.4) is 0 Å².